The minimum Gasteiger partial charge on any atom is -0.344 e. The number of ether oxygens (including phenoxy) is 4. The fourth-order valence-electron chi connectivity index (χ4n) is 2.89. The van der Waals surface area contributed by atoms with E-state index in [0.29, 0.717) is 6.42 Å². The molecule has 0 radical (unpaired) electrons. The average molecular weight is 242 g/mol. The summed E-state index contributed by atoms with van der Waals surface area (Å²) in [6.07, 6.45) is -0.943. The molecule has 2 heterocycles. The maximum atomic E-state index is 12.0. The van der Waals surface area contributed by atoms with Gasteiger partial charge in [0.2, 0.25) is 0 Å². The van der Waals surface area contributed by atoms with Gasteiger partial charge in [0.25, 0.3) is 0 Å². The molecule has 0 unspecified atom stereocenters. The molecule has 0 spiro atoms. The van der Waals surface area contributed by atoms with Gasteiger partial charge in [0.05, 0.1) is 6.10 Å². The molecule has 3 aliphatic rings. The van der Waals surface area contributed by atoms with Gasteiger partial charge in [0, 0.05) is 6.42 Å². The summed E-state index contributed by atoms with van der Waals surface area (Å²) >= 11 is 0. The summed E-state index contributed by atoms with van der Waals surface area (Å²) in [5, 5.41) is 0. The molecule has 0 N–H and O–H groups in total. The summed E-state index contributed by atoms with van der Waals surface area (Å²) in [5.74, 6) is -1.33. The number of rotatable bonds is 0. The van der Waals surface area contributed by atoms with Crippen LogP contribution >= 0.6 is 0 Å². The number of fused-ring (bicyclic) bond motifs is 3. The number of carbonyl (C=O) groups is 1. The first-order valence-corrected chi connectivity index (χ1v) is 6.01. The Morgan fingerprint density at radius 2 is 1.53 bits per heavy atom. The zero-order chi connectivity index (χ0) is 12.4. The average Bonchev–Trinajstić information content (AvgIpc) is 2.62. The smallest absolute Gasteiger partial charge is 0.167 e. The minimum atomic E-state index is -0.726. The van der Waals surface area contributed by atoms with Crippen molar-refractivity contribution in [2.45, 2.75) is 70.1 Å². The lowest BCUT2D eigenvalue weighted by Crippen LogP contribution is -2.51. The first-order valence-electron chi connectivity index (χ1n) is 6.01. The van der Waals surface area contributed by atoms with Crippen LogP contribution < -0.4 is 0 Å². The van der Waals surface area contributed by atoms with E-state index in [4.69, 9.17) is 18.9 Å². The second-order valence-electron chi connectivity index (χ2n) is 5.83. The van der Waals surface area contributed by atoms with Gasteiger partial charge in [-0.1, -0.05) is 0 Å². The van der Waals surface area contributed by atoms with Crippen LogP contribution in [0, 0.1) is 0 Å². The highest BCUT2D eigenvalue weighted by atomic mass is 16.8. The van der Waals surface area contributed by atoms with Crippen LogP contribution in [0.15, 0.2) is 0 Å². The van der Waals surface area contributed by atoms with Gasteiger partial charge in [-0.05, 0) is 27.7 Å². The Bertz CT molecular complexity index is 362. The van der Waals surface area contributed by atoms with Gasteiger partial charge in [0.1, 0.15) is 18.3 Å². The molecule has 2 aliphatic heterocycles. The van der Waals surface area contributed by atoms with E-state index in [9.17, 15) is 4.79 Å². The summed E-state index contributed by atoms with van der Waals surface area (Å²) in [4.78, 5) is 12.0. The number of ketones is 1. The fourth-order valence-corrected chi connectivity index (χ4v) is 2.89. The second kappa shape index (κ2) is 3.29. The number of carbonyl (C=O) groups excluding carboxylic acids is 1. The van der Waals surface area contributed by atoms with Crippen molar-refractivity contribution in [1.29, 1.82) is 0 Å². The highest BCUT2D eigenvalue weighted by Gasteiger charge is 2.59. The Balaban J connectivity index is 1.88. The van der Waals surface area contributed by atoms with E-state index >= 15 is 0 Å². The van der Waals surface area contributed by atoms with E-state index in [2.05, 4.69) is 0 Å². The molecular weight excluding hydrogens is 224 g/mol. The van der Waals surface area contributed by atoms with Crippen LogP contribution in [0.1, 0.15) is 34.1 Å². The quantitative estimate of drug-likeness (QED) is 0.634. The molecule has 2 saturated heterocycles. The molecule has 5 nitrogen and oxygen atoms in total. The fraction of sp³-hybridized carbons (Fsp3) is 0.917. The topological polar surface area (TPSA) is 54.0 Å². The molecule has 17 heavy (non-hydrogen) atoms. The van der Waals surface area contributed by atoms with E-state index in [-0.39, 0.29) is 24.1 Å². The normalized spacial score (nSPS) is 46.7. The molecule has 0 amide bonds. The van der Waals surface area contributed by atoms with Crippen molar-refractivity contribution in [3.63, 3.8) is 0 Å². The number of Topliss-reactive ketones (excluding diaryl/α,β-unsaturated/α-hetero) is 1. The van der Waals surface area contributed by atoms with Gasteiger partial charge in [-0.25, -0.2) is 0 Å². The Kier molecular flexibility index (Phi) is 2.24. The molecule has 96 valence electrons. The Morgan fingerprint density at radius 3 is 2.24 bits per heavy atom. The highest BCUT2D eigenvalue weighted by Crippen LogP contribution is 2.43. The van der Waals surface area contributed by atoms with Crippen LogP contribution in [0.4, 0.5) is 0 Å². The Hall–Kier alpha value is -0.490. The third kappa shape index (κ3) is 1.81. The van der Waals surface area contributed by atoms with Gasteiger partial charge in [-0.3, -0.25) is 4.79 Å². The second-order valence-corrected chi connectivity index (χ2v) is 5.83. The standard InChI is InChI=1S/C12H18O5/c1-11(2)14-7-5-6(13)8-10(9(7)16-11)17-12(3,4)15-8/h7-10H,5H2,1-4H3/t7-,8+,9+,10+/m1/s1. The van der Waals surface area contributed by atoms with Gasteiger partial charge >= 0.3 is 0 Å². The van der Waals surface area contributed by atoms with Gasteiger partial charge < -0.3 is 18.9 Å². The van der Waals surface area contributed by atoms with Crippen molar-refractivity contribution < 1.29 is 23.7 Å². The van der Waals surface area contributed by atoms with E-state index in [1.165, 1.54) is 0 Å². The van der Waals surface area contributed by atoms with Gasteiger partial charge in [0.15, 0.2) is 17.4 Å². The van der Waals surface area contributed by atoms with Crippen molar-refractivity contribution in [3.8, 4) is 0 Å². The lowest BCUT2D eigenvalue weighted by atomic mass is 9.89. The van der Waals surface area contributed by atoms with Crippen molar-refractivity contribution in [1.82, 2.24) is 0 Å². The lowest BCUT2D eigenvalue weighted by molar-refractivity contribution is -0.176. The maximum absolute atomic E-state index is 12.0. The predicted molar refractivity (Wildman–Crippen MR) is 57.3 cm³/mol. The van der Waals surface area contributed by atoms with Crippen LogP contribution in [-0.4, -0.2) is 41.8 Å². The van der Waals surface area contributed by atoms with Gasteiger partial charge in [-0.15, -0.1) is 0 Å². The molecule has 0 aromatic rings. The molecule has 3 rings (SSSR count). The molecular formula is C12H18O5. The van der Waals surface area contributed by atoms with E-state index in [1.807, 2.05) is 27.7 Å². The van der Waals surface area contributed by atoms with Crippen LogP contribution in [-0.2, 0) is 23.7 Å². The van der Waals surface area contributed by atoms with Crippen LogP contribution in [0.2, 0.25) is 0 Å². The number of hydrogen-bond donors (Lipinski definition) is 0. The monoisotopic (exact) mass is 242 g/mol. The zero-order valence-electron chi connectivity index (χ0n) is 10.6. The van der Waals surface area contributed by atoms with Crippen LogP contribution in [0.3, 0.4) is 0 Å². The van der Waals surface area contributed by atoms with Gasteiger partial charge in [-0.2, -0.15) is 0 Å². The van der Waals surface area contributed by atoms with Crippen LogP contribution in [0.5, 0.6) is 0 Å². The summed E-state index contributed by atoms with van der Waals surface area (Å²) < 4.78 is 23.0. The molecule has 0 aromatic carbocycles. The lowest BCUT2D eigenvalue weighted by Gasteiger charge is -2.29. The Morgan fingerprint density at radius 1 is 0.941 bits per heavy atom. The molecule has 0 bridgehead atoms. The predicted octanol–water partition coefficient (Wildman–Crippen LogP) is 0.999. The first-order chi connectivity index (χ1) is 7.77. The highest BCUT2D eigenvalue weighted by molar-refractivity contribution is 5.85. The largest absolute Gasteiger partial charge is 0.344 e. The minimum absolute atomic E-state index is 0.0446. The van der Waals surface area contributed by atoms with Crippen molar-refractivity contribution in [2.24, 2.45) is 0 Å². The SMILES string of the molecule is CC1(C)O[C@@H]2[C@H]3OC(C)(C)O[C@H]3C(=O)C[C@H]2O1. The Labute approximate surface area is 100 Å². The molecule has 1 aliphatic carbocycles. The van der Waals surface area contributed by atoms with Crippen LogP contribution in [0.25, 0.3) is 0 Å². The van der Waals surface area contributed by atoms with Crippen molar-refractivity contribution >= 4 is 5.78 Å². The van der Waals surface area contributed by atoms with E-state index in [0.717, 1.165) is 0 Å². The first kappa shape index (κ1) is 11.6. The molecule has 1 saturated carbocycles. The third-order valence-electron chi connectivity index (χ3n) is 3.39. The molecule has 5 heteroatoms. The number of hydrogen-bond acceptors (Lipinski definition) is 5. The van der Waals surface area contributed by atoms with Crippen molar-refractivity contribution in [2.75, 3.05) is 0 Å². The van der Waals surface area contributed by atoms with E-state index in [1.54, 1.807) is 0 Å². The molecule has 4 atom stereocenters. The third-order valence-corrected chi connectivity index (χ3v) is 3.39. The van der Waals surface area contributed by atoms with E-state index < -0.39 is 17.7 Å². The summed E-state index contributed by atoms with van der Waals surface area (Å²) in [7, 11) is 0. The maximum Gasteiger partial charge on any atom is 0.167 e. The van der Waals surface area contributed by atoms with Crippen molar-refractivity contribution in [3.05, 3.63) is 0 Å². The molecule has 0 aromatic heterocycles. The molecule has 3 fully saturated rings. The summed E-state index contributed by atoms with van der Waals surface area (Å²) in [6, 6.07) is 0. The zero-order valence-corrected chi connectivity index (χ0v) is 10.6. The summed E-state index contributed by atoms with van der Waals surface area (Å²) in [6.45, 7) is 7.33. The summed E-state index contributed by atoms with van der Waals surface area (Å²) in [5.41, 5.74) is 0.